The summed E-state index contributed by atoms with van der Waals surface area (Å²) in [5.41, 5.74) is 3.26. The molecule has 1 heterocycles. The predicted octanol–water partition coefficient (Wildman–Crippen LogP) is 2.81. The van der Waals surface area contributed by atoms with E-state index < -0.39 is 5.97 Å². The summed E-state index contributed by atoms with van der Waals surface area (Å²) in [4.78, 5) is 37.4. The van der Waals surface area contributed by atoms with Gasteiger partial charge in [-0.05, 0) is 36.2 Å². The highest BCUT2D eigenvalue weighted by Crippen LogP contribution is 2.35. The van der Waals surface area contributed by atoms with Crippen molar-refractivity contribution < 1.29 is 23.9 Å². The summed E-state index contributed by atoms with van der Waals surface area (Å²) in [7, 11) is 1.28. The number of amides is 2. The van der Waals surface area contributed by atoms with Crippen LogP contribution >= 0.6 is 0 Å². The van der Waals surface area contributed by atoms with E-state index in [0.29, 0.717) is 23.7 Å². The molecule has 1 aliphatic rings. The number of methoxy groups -OCH3 is 1. The van der Waals surface area contributed by atoms with E-state index in [0.717, 1.165) is 11.1 Å². The summed E-state index contributed by atoms with van der Waals surface area (Å²) in [6.07, 6.45) is 0.0282. The first-order valence-corrected chi connectivity index (χ1v) is 8.96. The molecule has 2 aromatic carbocycles. The van der Waals surface area contributed by atoms with E-state index in [9.17, 15) is 14.4 Å². The smallest absolute Gasteiger partial charge is 0.306 e. The van der Waals surface area contributed by atoms with Gasteiger partial charge < -0.3 is 19.7 Å². The third kappa shape index (κ3) is 4.49. The lowest BCUT2D eigenvalue weighted by Crippen LogP contribution is -2.38. The number of fused-ring (bicyclic) bond motifs is 1. The summed E-state index contributed by atoms with van der Waals surface area (Å²) in [5, 5.41) is 2.74. The lowest BCUT2D eigenvalue weighted by atomic mass is 10.1. The van der Waals surface area contributed by atoms with Crippen molar-refractivity contribution in [3.8, 4) is 5.75 Å². The number of anilines is 2. The number of ether oxygens (including phenoxy) is 2. The maximum atomic E-state index is 12.5. The molecule has 0 atom stereocenters. The topological polar surface area (TPSA) is 84.9 Å². The number of nitrogens with one attached hydrogen (secondary N) is 1. The Morgan fingerprint density at radius 1 is 1.18 bits per heavy atom. The Bertz CT molecular complexity index is 909. The fourth-order valence-corrected chi connectivity index (χ4v) is 2.95. The molecule has 7 heteroatoms. The van der Waals surface area contributed by atoms with Crippen molar-refractivity contribution in [1.82, 2.24) is 0 Å². The molecule has 0 bridgehead atoms. The van der Waals surface area contributed by atoms with Gasteiger partial charge in [-0.2, -0.15) is 0 Å². The van der Waals surface area contributed by atoms with Crippen LogP contribution < -0.4 is 15.0 Å². The lowest BCUT2D eigenvalue weighted by Gasteiger charge is -2.30. The summed E-state index contributed by atoms with van der Waals surface area (Å²) >= 11 is 0. The van der Waals surface area contributed by atoms with Crippen LogP contribution in [0.1, 0.15) is 24.0 Å². The first kappa shape index (κ1) is 19.4. The van der Waals surface area contributed by atoms with Gasteiger partial charge in [0, 0.05) is 12.1 Å². The SMILES string of the molecule is COC(=O)CCC(=O)Nc1ccc2c(c1)N(Cc1ccccc1C)C(=O)CO2. The minimum absolute atomic E-state index is 0.00821. The number of nitrogens with zero attached hydrogens (tertiary/aromatic N) is 1. The van der Waals surface area contributed by atoms with E-state index in [4.69, 9.17) is 4.74 Å². The second-order valence-corrected chi connectivity index (χ2v) is 6.50. The van der Waals surface area contributed by atoms with Crippen molar-refractivity contribution >= 4 is 29.2 Å². The van der Waals surface area contributed by atoms with Gasteiger partial charge >= 0.3 is 5.97 Å². The minimum Gasteiger partial charge on any atom is -0.482 e. The highest BCUT2D eigenvalue weighted by atomic mass is 16.5. The van der Waals surface area contributed by atoms with Gasteiger partial charge in [0.1, 0.15) is 5.75 Å². The number of benzene rings is 2. The second kappa shape index (κ2) is 8.56. The Labute approximate surface area is 163 Å². The molecule has 0 aromatic heterocycles. The highest BCUT2D eigenvalue weighted by molar-refractivity contribution is 5.99. The van der Waals surface area contributed by atoms with Gasteiger partial charge in [0.05, 0.1) is 25.8 Å². The molecule has 1 aliphatic heterocycles. The zero-order valence-corrected chi connectivity index (χ0v) is 15.9. The maximum absolute atomic E-state index is 12.5. The Hall–Kier alpha value is -3.35. The van der Waals surface area contributed by atoms with Gasteiger partial charge in [0.15, 0.2) is 6.61 Å². The summed E-state index contributed by atoms with van der Waals surface area (Å²) in [6.45, 7) is 2.39. The van der Waals surface area contributed by atoms with Gasteiger partial charge in [-0.15, -0.1) is 0 Å². The van der Waals surface area contributed by atoms with E-state index in [2.05, 4.69) is 10.1 Å². The van der Waals surface area contributed by atoms with Gasteiger partial charge in [-0.25, -0.2) is 0 Å². The second-order valence-electron chi connectivity index (χ2n) is 6.50. The van der Waals surface area contributed by atoms with E-state index in [1.807, 2.05) is 31.2 Å². The zero-order valence-electron chi connectivity index (χ0n) is 15.9. The molecule has 0 saturated carbocycles. The number of esters is 1. The van der Waals surface area contributed by atoms with Crippen LogP contribution in [0.4, 0.5) is 11.4 Å². The molecular weight excluding hydrogens is 360 g/mol. The van der Waals surface area contributed by atoms with Crippen LogP contribution in [0.2, 0.25) is 0 Å². The van der Waals surface area contributed by atoms with Crippen molar-refractivity contribution in [2.75, 3.05) is 23.9 Å². The Balaban J connectivity index is 1.79. The average Bonchev–Trinajstić information content (AvgIpc) is 2.69. The molecule has 2 aromatic rings. The quantitative estimate of drug-likeness (QED) is 0.777. The molecule has 3 rings (SSSR count). The standard InChI is InChI=1S/C21H22N2O5/c1-14-5-3-4-6-15(14)12-23-17-11-16(7-8-18(17)28-13-20(23)25)22-19(24)9-10-21(26)27-2/h3-8,11H,9-10,12-13H2,1-2H3,(H,22,24). The Kier molecular flexibility index (Phi) is 5.93. The molecule has 146 valence electrons. The van der Waals surface area contributed by atoms with E-state index in [-0.39, 0.29) is 31.3 Å². The van der Waals surface area contributed by atoms with Crippen LogP contribution in [0.5, 0.6) is 5.75 Å². The Morgan fingerprint density at radius 3 is 2.71 bits per heavy atom. The summed E-state index contributed by atoms with van der Waals surface area (Å²) in [5.74, 6) is -0.312. The monoisotopic (exact) mass is 382 g/mol. The number of hydrogen-bond donors (Lipinski definition) is 1. The molecule has 7 nitrogen and oxygen atoms in total. The van der Waals surface area contributed by atoms with Crippen LogP contribution in [0.25, 0.3) is 0 Å². The van der Waals surface area contributed by atoms with Crippen LogP contribution in [-0.2, 0) is 25.7 Å². The van der Waals surface area contributed by atoms with E-state index in [1.54, 1.807) is 23.1 Å². The lowest BCUT2D eigenvalue weighted by molar-refractivity contribution is -0.141. The fourth-order valence-electron chi connectivity index (χ4n) is 2.95. The molecule has 28 heavy (non-hydrogen) atoms. The van der Waals surface area contributed by atoms with Crippen molar-refractivity contribution in [2.45, 2.75) is 26.3 Å². The van der Waals surface area contributed by atoms with E-state index in [1.165, 1.54) is 7.11 Å². The van der Waals surface area contributed by atoms with Crippen LogP contribution in [-0.4, -0.2) is 31.5 Å². The summed E-state index contributed by atoms with van der Waals surface area (Å²) < 4.78 is 10.1. The molecule has 0 spiro atoms. The van der Waals surface area contributed by atoms with Gasteiger partial charge in [-0.3, -0.25) is 14.4 Å². The molecule has 1 N–H and O–H groups in total. The van der Waals surface area contributed by atoms with Crippen molar-refractivity contribution in [3.05, 3.63) is 53.6 Å². The molecule has 0 radical (unpaired) electrons. The first-order valence-electron chi connectivity index (χ1n) is 8.96. The molecule has 0 saturated heterocycles. The number of carbonyl (C=O) groups is 3. The predicted molar refractivity (Wildman–Crippen MR) is 104 cm³/mol. The number of hydrogen-bond acceptors (Lipinski definition) is 5. The van der Waals surface area contributed by atoms with Crippen molar-refractivity contribution in [3.63, 3.8) is 0 Å². The highest BCUT2D eigenvalue weighted by Gasteiger charge is 2.26. The number of rotatable bonds is 6. The minimum atomic E-state index is -0.441. The Morgan fingerprint density at radius 2 is 1.96 bits per heavy atom. The number of aryl methyl sites for hydroxylation is 1. The average molecular weight is 382 g/mol. The van der Waals surface area contributed by atoms with Crippen molar-refractivity contribution in [2.24, 2.45) is 0 Å². The molecular formula is C21H22N2O5. The number of carbonyl (C=O) groups excluding carboxylic acids is 3. The maximum Gasteiger partial charge on any atom is 0.306 e. The van der Waals surface area contributed by atoms with E-state index >= 15 is 0 Å². The van der Waals surface area contributed by atoms with Gasteiger partial charge in [0.25, 0.3) is 5.91 Å². The van der Waals surface area contributed by atoms with Crippen molar-refractivity contribution in [1.29, 1.82) is 0 Å². The third-order valence-corrected chi connectivity index (χ3v) is 4.56. The summed E-state index contributed by atoms with van der Waals surface area (Å²) in [6, 6.07) is 13.0. The molecule has 2 amide bonds. The largest absolute Gasteiger partial charge is 0.482 e. The molecule has 0 unspecified atom stereocenters. The van der Waals surface area contributed by atoms with Crippen LogP contribution in [0, 0.1) is 6.92 Å². The molecule has 0 fully saturated rings. The molecule has 0 aliphatic carbocycles. The zero-order chi connectivity index (χ0) is 20.1. The third-order valence-electron chi connectivity index (χ3n) is 4.56. The normalized spacial score (nSPS) is 12.8. The first-order chi connectivity index (χ1) is 13.5. The van der Waals surface area contributed by atoms with Crippen LogP contribution in [0.15, 0.2) is 42.5 Å². The van der Waals surface area contributed by atoms with Crippen LogP contribution in [0.3, 0.4) is 0 Å². The fraction of sp³-hybridized carbons (Fsp3) is 0.286. The van der Waals surface area contributed by atoms with Gasteiger partial charge in [0.2, 0.25) is 5.91 Å². The van der Waals surface area contributed by atoms with Gasteiger partial charge in [-0.1, -0.05) is 24.3 Å².